The number of methoxy groups -OCH3 is 1. The molecule has 2 aromatic rings. The predicted octanol–water partition coefficient (Wildman–Crippen LogP) is 2.87. The summed E-state index contributed by atoms with van der Waals surface area (Å²) in [5.41, 5.74) is 2.22. The molecule has 2 heterocycles. The van der Waals surface area contributed by atoms with E-state index in [1.54, 1.807) is 23.3 Å². The van der Waals surface area contributed by atoms with Crippen LogP contribution in [-0.4, -0.2) is 50.4 Å². The van der Waals surface area contributed by atoms with Gasteiger partial charge in [0.2, 0.25) is 6.54 Å². The zero-order chi connectivity index (χ0) is 23.3. The van der Waals surface area contributed by atoms with E-state index >= 15 is 0 Å². The van der Waals surface area contributed by atoms with Crippen molar-refractivity contribution in [1.82, 2.24) is 5.32 Å². The average molecular weight is 479 g/mol. The summed E-state index contributed by atoms with van der Waals surface area (Å²) in [5.74, 6) is -0.246. The number of benzene rings is 1. The molecular formula is C22H29N3O5PS+. The van der Waals surface area contributed by atoms with Crippen LogP contribution in [0.4, 0.5) is 5.69 Å². The summed E-state index contributed by atoms with van der Waals surface area (Å²) in [7, 11) is -0.128. The fourth-order valence-corrected chi connectivity index (χ4v) is 5.21. The van der Waals surface area contributed by atoms with E-state index in [2.05, 4.69) is 28.4 Å². The van der Waals surface area contributed by atoms with Gasteiger partial charge in [0, 0.05) is 37.9 Å². The number of carbonyl (C=O) groups excluding carboxylic acids is 1. The second-order valence-electron chi connectivity index (χ2n) is 7.66. The van der Waals surface area contributed by atoms with Crippen molar-refractivity contribution in [2.45, 2.75) is 30.5 Å². The first kappa shape index (κ1) is 24.5. The number of ether oxygens (including phenoxy) is 1. The summed E-state index contributed by atoms with van der Waals surface area (Å²) in [6.07, 6.45) is 5.13. The average Bonchev–Trinajstić information content (AvgIpc) is 3.03. The van der Waals surface area contributed by atoms with E-state index in [9.17, 15) is 14.3 Å². The van der Waals surface area contributed by atoms with E-state index in [4.69, 9.17) is 9.26 Å². The highest BCUT2D eigenvalue weighted by molar-refractivity contribution is 8.03. The Labute approximate surface area is 192 Å². The maximum Gasteiger partial charge on any atom is 0.325 e. The zero-order valence-corrected chi connectivity index (χ0v) is 20.3. The first-order valence-corrected chi connectivity index (χ1v) is 13.0. The number of amides is 1. The maximum atomic E-state index is 12.5. The van der Waals surface area contributed by atoms with Crippen LogP contribution in [0, 0.1) is 0 Å². The molecule has 0 radical (unpaired) electrons. The van der Waals surface area contributed by atoms with Crippen molar-refractivity contribution in [3.63, 3.8) is 0 Å². The molecule has 3 atom stereocenters. The van der Waals surface area contributed by atoms with Gasteiger partial charge in [-0.05, 0) is 30.7 Å². The highest BCUT2D eigenvalue weighted by Crippen LogP contribution is 2.45. The number of nitrogens with zero attached hydrogens (tertiary/aromatic N) is 2. The molecule has 1 amide bonds. The van der Waals surface area contributed by atoms with Crippen LogP contribution in [-0.2, 0) is 25.2 Å². The Balaban J connectivity index is 1.60. The van der Waals surface area contributed by atoms with Crippen LogP contribution in [0.1, 0.15) is 12.5 Å². The molecule has 0 bridgehead atoms. The largest absolute Gasteiger partial charge is 0.382 e. The molecule has 1 aliphatic heterocycles. The second-order valence-corrected chi connectivity index (χ2v) is 10.5. The molecule has 0 saturated carbocycles. The summed E-state index contributed by atoms with van der Waals surface area (Å²) in [6, 6.07) is 11.6. The van der Waals surface area contributed by atoms with Gasteiger partial charge in [-0.3, -0.25) is 9.36 Å². The third-order valence-electron chi connectivity index (χ3n) is 4.93. The second kappa shape index (κ2) is 10.6. The summed E-state index contributed by atoms with van der Waals surface area (Å²) in [6.45, 7) is 3.01. The summed E-state index contributed by atoms with van der Waals surface area (Å²) in [5, 5.41) is 3.95. The third kappa shape index (κ3) is 6.67. The fraction of sp³-hybridized carbons (Fsp3) is 0.364. The molecule has 2 N–H and O–H groups in total. The smallest absolute Gasteiger partial charge is 0.325 e. The molecule has 172 valence electrons. The lowest BCUT2D eigenvalue weighted by Crippen LogP contribution is -2.50. The number of rotatable bonds is 9. The number of thioether (sulfide) groups is 1. The Morgan fingerprint density at radius 3 is 2.62 bits per heavy atom. The monoisotopic (exact) mass is 478 g/mol. The molecule has 32 heavy (non-hydrogen) atoms. The molecule has 0 fully saturated rings. The number of fused-ring (bicyclic) bond motifs is 1. The number of anilines is 1. The van der Waals surface area contributed by atoms with Crippen LogP contribution >= 0.6 is 19.4 Å². The molecule has 0 aliphatic carbocycles. The minimum absolute atomic E-state index is 0.104. The van der Waals surface area contributed by atoms with E-state index < -0.39 is 19.7 Å². The minimum Gasteiger partial charge on any atom is -0.382 e. The standard InChI is InChI=1S/C22H28N3O5PS/c1-16(30-31(4,27)28)18(15-29-3)23-21(26)14-25-11-9-17(10-12-25)13-22-24(2)19-7-5-6-8-20(19)32-22/h5-13,16,18H,14-15H2,1-4H3,(H-,23,26,27,28)/p+1. The Morgan fingerprint density at radius 2 is 2.00 bits per heavy atom. The Bertz CT molecular complexity index is 1020. The quantitative estimate of drug-likeness (QED) is 0.423. The van der Waals surface area contributed by atoms with Crippen LogP contribution in [0.15, 0.2) is 58.7 Å². The molecule has 0 saturated heterocycles. The number of pyridine rings is 1. The molecule has 0 spiro atoms. The maximum absolute atomic E-state index is 12.5. The van der Waals surface area contributed by atoms with Crippen LogP contribution in [0.5, 0.6) is 0 Å². The van der Waals surface area contributed by atoms with Crippen LogP contribution in [0.25, 0.3) is 6.08 Å². The summed E-state index contributed by atoms with van der Waals surface area (Å²) >= 11 is 1.73. The van der Waals surface area contributed by atoms with Crippen molar-refractivity contribution in [3.8, 4) is 0 Å². The number of para-hydroxylation sites is 1. The highest BCUT2D eigenvalue weighted by atomic mass is 32.2. The number of hydrogen-bond donors (Lipinski definition) is 2. The van der Waals surface area contributed by atoms with Gasteiger partial charge < -0.3 is 24.4 Å². The SMILES string of the molecule is COCC(NC(=O)C[n+]1ccc(/C=C2/Sc3ccccc3N2C)cc1)C(C)OP(C)(=O)O. The Hall–Kier alpha value is -2.16. The van der Waals surface area contributed by atoms with Crippen LogP contribution in [0.2, 0.25) is 0 Å². The molecule has 10 heteroatoms. The molecule has 8 nitrogen and oxygen atoms in total. The van der Waals surface area contributed by atoms with E-state index in [1.807, 2.05) is 43.7 Å². The first-order valence-electron chi connectivity index (χ1n) is 10.1. The van der Waals surface area contributed by atoms with Gasteiger partial charge in [0.05, 0.1) is 29.5 Å². The van der Waals surface area contributed by atoms with E-state index in [0.29, 0.717) is 0 Å². The number of nitrogens with one attached hydrogen (secondary N) is 1. The summed E-state index contributed by atoms with van der Waals surface area (Å²) < 4.78 is 23.5. The lowest BCUT2D eigenvalue weighted by molar-refractivity contribution is -0.684. The molecule has 1 aromatic heterocycles. The molecule has 3 unspecified atom stereocenters. The topological polar surface area (TPSA) is 92.0 Å². The molecular weight excluding hydrogens is 449 g/mol. The zero-order valence-electron chi connectivity index (χ0n) is 18.6. The normalized spacial score (nSPS) is 18.2. The molecule has 3 rings (SSSR count). The highest BCUT2D eigenvalue weighted by Gasteiger charge is 2.26. The number of hydrogen-bond acceptors (Lipinski definition) is 6. The van der Waals surface area contributed by atoms with Gasteiger partial charge in [0.15, 0.2) is 12.4 Å². The van der Waals surface area contributed by atoms with Gasteiger partial charge in [0.25, 0.3) is 5.91 Å². The van der Waals surface area contributed by atoms with Crippen molar-refractivity contribution in [1.29, 1.82) is 0 Å². The Morgan fingerprint density at radius 1 is 1.31 bits per heavy atom. The number of aromatic nitrogens is 1. The van der Waals surface area contributed by atoms with Crippen molar-refractivity contribution in [2.75, 3.05) is 32.3 Å². The first-order chi connectivity index (χ1) is 15.2. The van der Waals surface area contributed by atoms with Gasteiger partial charge in [-0.2, -0.15) is 4.57 Å². The minimum atomic E-state index is -3.67. The van der Waals surface area contributed by atoms with Crippen molar-refractivity contribution in [3.05, 3.63) is 59.4 Å². The van der Waals surface area contributed by atoms with Gasteiger partial charge in [-0.15, -0.1) is 0 Å². The van der Waals surface area contributed by atoms with Crippen molar-refractivity contribution < 1.29 is 28.1 Å². The van der Waals surface area contributed by atoms with E-state index in [-0.39, 0.29) is 19.1 Å². The lowest BCUT2D eigenvalue weighted by Gasteiger charge is -2.25. The van der Waals surface area contributed by atoms with Gasteiger partial charge in [-0.1, -0.05) is 23.9 Å². The van der Waals surface area contributed by atoms with E-state index in [0.717, 1.165) is 17.3 Å². The van der Waals surface area contributed by atoms with Gasteiger partial charge in [-0.25, -0.2) is 0 Å². The third-order valence-corrected chi connectivity index (χ3v) is 6.82. The van der Waals surface area contributed by atoms with Crippen molar-refractivity contribution >= 4 is 37.0 Å². The number of carbonyl (C=O) groups is 1. The van der Waals surface area contributed by atoms with Gasteiger partial charge >= 0.3 is 7.60 Å². The van der Waals surface area contributed by atoms with Crippen LogP contribution in [0.3, 0.4) is 0 Å². The van der Waals surface area contributed by atoms with Crippen molar-refractivity contribution in [2.24, 2.45) is 0 Å². The van der Waals surface area contributed by atoms with E-state index in [1.165, 1.54) is 17.7 Å². The fourth-order valence-electron chi connectivity index (χ4n) is 3.33. The van der Waals surface area contributed by atoms with Crippen LogP contribution < -0.4 is 14.8 Å². The van der Waals surface area contributed by atoms with Gasteiger partial charge in [0.1, 0.15) is 0 Å². The Kier molecular flexibility index (Phi) is 8.14. The predicted molar refractivity (Wildman–Crippen MR) is 125 cm³/mol. The molecule has 1 aromatic carbocycles. The lowest BCUT2D eigenvalue weighted by atomic mass is 10.2. The molecule has 1 aliphatic rings. The summed E-state index contributed by atoms with van der Waals surface area (Å²) in [4.78, 5) is 25.3.